The van der Waals surface area contributed by atoms with Gasteiger partial charge in [0.05, 0.1) is 6.61 Å². The minimum atomic E-state index is -4.40. The molecule has 0 bridgehead atoms. The van der Waals surface area contributed by atoms with Gasteiger partial charge in [-0.1, -0.05) is 104 Å². The van der Waals surface area contributed by atoms with Gasteiger partial charge >= 0.3 is 5.97 Å². The molecule has 5 nitrogen and oxygen atoms in total. The molecule has 0 aliphatic heterocycles. The number of esters is 1. The third-order valence-corrected chi connectivity index (χ3v) is 6.08. The Kier molecular flexibility index (Phi) is 17.1. The lowest BCUT2D eigenvalue weighted by Gasteiger charge is -2.13. The van der Waals surface area contributed by atoms with Crippen molar-refractivity contribution < 1.29 is 22.5 Å². The van der Waals surface area contributed by atoms with Gasteiger partial charge in [-0.2, -0.15) is 8.42 Å². The average Bonchev–Trinajstić information content (AvgIpc) is 2.61. The Morgan fingerprint density at radius 1 is 0.741 bits per heavy atom. The molecule has 0 saturated heterocycles. The maximum absolute atomic E-state index is 11.9. The number of hydrogen-bond donors (Lipinski definition) is 1. The molecule has 0 aromatic heterocycles. The maximum atomic E-state index is 11.9. The fourth-order valence-electron chi connectivity index (χ4n) is 3.18. The first-order valence-corrected chi connectivity index (χ1v) is 12.6. The van der Waals surface area contributed by atoms with Gasteiger partial charge < -0.3 is 4.74 Å². The molecule has 0 amide bonds. The summed E-state index contributed by atoms with van der Waals surface area (Å²) < 4.78 is 37.2. The Labute approximate surface area is 167 Å². The molecule has 1 atom stereocenters. The number of rotatable bonds is 19. The normalized spacial score (nSPS) is 12.9. The van der Waals surface area contributed by atoms with Crippen LogP contribution < -0.4 is 0 Å². The van der Waals surface area contributed by atoms with Crippen molar-refractivity contribution in [1.82, 2.24) is 0 Å². The Balaban J connectivity index is 3.78. The van der Waals surface area contributed by atoms with Crippen LogP contribution in [-0.4, -0.2) is 30.8 Å². The Morgan fingerprint density at radius 3 is 1.59 bits per heavy atom. The van der Waals surface area contributed by atoms with E-state index in [9.17, 15) is 17.8 Å². The predicted octanol–water partition coefficient (Wildman–Crippen LogP) is 6.07. The van der Waals surface area contributed by atoms with Crippen molar-refractivity contribution in [3.8, 4) is 0 Å². The molecule has 0 aliphatic carbocycles. The molecule has 6 heteroatoms. The van der Waals surface area contributed by atoms with Crippen LogP contribution in [0.4, 0.5) is 0 Å². The van der Waals surface area contributed by atoms with Crippen LogP contribution in [0, 0.1) is 0 Å². The Morgan fingerprint density at radius 2 is 1.15 bits per heavy atom. The van der Waals surface area contributed by atoms with Crippen molar-refractivity contribution in [3.05, 3.63) is 0 Å². The lowest BCUT2D eigenvalue weighted by Crippen LogP contribution is -2.32. The summed E-state index contributed by atoms with van der Waals surface area (Å²) in [5.41, 5.74) is 0. The van der Waals surface area contributed by atoms with Gasteiger partial charge in [-0.3, -0.25) is 9.35 Å². The van der Waals surface area contributed by atoms with Crippen LogP contribution in [0.1, 0.15) is 117 Å². The van der Waals surface area contributed by atoms with Gasteiger partial charge in [0.2, 0.25) is 0 Å². The molecule has 162 valence electrons. The van der Waals surface area contributed by atoms with Crippen molar-refractivity contribution in [2.24, 2.45) is 0 Å². The second kappa shape index (κ2) is 17.5. The van der Waals surface area contributed by atoms with E-state index in [1.807, 2.05) is 6.92 Å². The summed E-state index contributed by atoms with van der Waals surface area (Å²) in [4.78, 5) is 11.9. The minimum Gasteiger partial charge on any atom is -0.465 e. The number of carbonyl (C=O) groups is 1. The lowest BCUT2D eigenvalue weighted by atomic mass is 10.0. The average molecular weight is 407 g/mol. The van der Waals surface area contributed by atoms with E-state index in [0.29, 0.717) is 6.42 Å². The van der Waals surface area contributed by atoms with Crippen molar-refractivity contribution in [3.63, 3.8) is 0 Å². The number of ether oxygens (including phenoxy) is 1. The predicted molar refractivity (Wildman–Crippen MR) is 112 cm³/mol. The van der Waals surface area contributed by atoms with E-state index in [2.05, 4.69) is 6.92 Å². The Bertz CT molecular complexity index is 447. The molecular formula is C21H42O5S. The highest BCUT2D eigenvalue weighted by Gasteiger charge is 2.31. The molecule has 1 unspecified atom stereocenters. The quantitative estimate of drug-likeness (QED) is 0.160. The highest BCUT2D eigenvalue weighted by Crippen LogP contribution is 2.16. The summed E-state index contributed by atoms with van der Waals surface area (Å²) in [6.07, 6.45) is 16.9. The summed E-state index contributed by atoms with van der Waals surface area (Å²) in [5, 5.41) is -1.43. The van der Waals surface area contributed by atoms with Crippen molar-refractivity contribution in [2.45, 2.75) is 122 Å². The number of hydrogen-bond acceptors (Lipinski definition) is 4. The third kappa shape index (κ3) is 16.1. The number of unbranched alkanes of at least 4 members (excludes halogenated alkanes) is 13. The van der Waals surface area contributed by atoms with Gasteiger partial charge in [0, 0.05) is 0 Å². The molecule has 0 aliphatic rings. The highest BCUT2D eigenvalue weighted by molar-refractivity contribution is 7.87. The first-order valence-electron chi connectivity index (χ1n) is 11.1. The molecule has 0 aromatic rings. The SMILES string of the molecule is CCCCCCCCCCCCCCC(C(=O)OCCCCC)S(=O)(=O)O. The van der Waals surface area contributed by atoms with Gasteiger partial charge in [-0.05, 0) is 12.8 Å². The standard InChI is InChI=1S/C21H42O5S/c1-3-5-7-8-9-10-11-12-13-14-15-16-18-20(27(23,24)25)21(22)26-19-17-6-4-2/h20H,3-19H2,1-2H3,(H,23,24,25). The first kappa shape index (κ1) is 26.4. The first-order chi connectivity index (χ1) is 12.9. The molecule has 0 spiro atoms. The maximum Gasteiger partial charge on any atom is 0.326 e. The van der Waals surface area contributed by atoms with Crippen LogP contribution in [0.3, 0.4) is 0 Å². The molecule has 0 aromatic carbocycles. The van der Waals surface area contributed by atoms with E-state index < -0.39 is 21.3 Å². The third-order valence-electron chi connectivity index (χ3n) is 4.93. The topological polar surface area (TPSA) is 80.7 Å². The fourth-order valence-corrected chi connectivity index (χ4v) is 3.95. The molecular weight excluding hydrogens is 364 g/mol. The number of carbonyl (C=O) groups excluding carboxylic acids is 1. The summed E-state index contributed by atoms with van der Waals surface area (Å²) in [7, 11) is -4.40. The lowest BCUT2D eigenvalue weighted by molar-refractivity contribution is -0.143. The van der Waals surface area contributed by atoms with Gasteiger partial charge in [-0.15, -0.1) is 0 Å². The van der Waals surface area contributed by atoms with Crippen LogP contribution in [0.15, 0.2) is 0 Å². The highest BCUT2D eigenvalue weighted by atomic mass is 32.2. The fraction of sp³-hybridized carbons (Fsp3) is 0.952. The Hall–Kier alpha value is -0.620. The van der Waals surface area contributed by atoms with Crippen LogP contribution in [0.25, 0.3) is 0 Å². The van der Waals surface area contributed by atoms with Crippen LogP contribution in [0.5, 0.6) is 0 Å². The second-order valence-electron chi connectivity index (χ2n) is 7.56. The smallest absolute Gasteiger partial charge is 0.326 e. The van der Waals surface area contributed by atoms with E-state index in [1.165, 1.54) is 51.4 Å². The van der Waals surface area contributed by atoms with Gasteiger partial charge in [-0.25, -0.2) is 0 Å². The summed E-state index contributed by atoms with van der Waals surface area (Å²) in [6.45, 7) is 4.49. The zero-order chi connectivity index (χ0) is 20.4. The second-order valence-corrected chi connectivity index (χ2v) is 9.15. The minimum absolute atomic E-state index is 0.142. The van der Waals surface area contributed by atoms with Crippen molar-refractivity contribution in [2.75, 3.05) is 6.61 Å². The van der Waals surface area contributed by atoms with Crippen molar-refractivity contribution >= 4 is 16.1 Å². The molecule has 0 heterocycles. The zero-order valence-corrected chi connectivity index (χ0v) is 18.4. The van der Waals surface area contributed by atoms with Crippen LogP contribution in [0.2, 0.25) is 0 Å². The monoisotopic (exact) mass is 406 g/mol. The van der Waals surface area contributed by atoms with Crippen LogP contribution >= 0.6 is 0 Å². The molecule has 0 saturated carbocycles. The molecule has 0 radical (unpaired) electrons. The van der Waals surface area contributed by atoms with E-state index in [1.54, 1.807) is 0 Å². The van der Waals surface area contributed by atoms with Crippen LogP contribution in [-0.2, 0) is 19.6 Å². The largest absolute Gasteiger partial charge is 0.465 e. The molecule has 27 heavy (non-hydrogen) atoms. The van der Waals surface area contributed by atoms with E-state index >= 15 is 0 Å². The van der Waals surface area contributed by atoms with Gasteiger partial charge in [0.15, 0.2) is 5.25 Å². The molecule has 0 rings (SSSR count). The molecule has 0 fully saturated rings. The summed E-state index contributed by atoms with van der Waals surface area (Å²) >= 11 is 0. The van der Waals surface area contributed by atoms with E-state index in [-0.39, 0.29) is 13.0 Å². The molecule has 1 N–H and O–H groups in total. The van der Waals surface area contributed by atoms with Gasteiger partial charge in [0.25, 0.3) is 10.1 Å². The summed E-state index contributed by atoms with van der Waals surface area (Å²) in [5.74, 6) is -0.809. The summed E-state index contributed by atoms with van der Waals surface area (Å²) in [6, 6.07) is 0. The van der Waals surface area contributed by atoms with Gasteiger partial charge in [0.1, 0.15) is 0 Å². The zero-order valence-electron chi connectivity index (χ0n) is 17.6. The van der Waals surface area contributed by atoms with E-state index in [0.717, 1.165) is 38.5 Å². The van der Waals surface area contributed by atoms with E-state index in [4.69, 9.17) is 4.74 Å². The van der Waals surface area contributed by atoms with Crippen molar-refractivity contribution in [1.29, 1.82) is 0 Å².